The Hall–Kier alpha value is -2.43. The van der Waals surface area contributed by atoms with Gasteiger partial charge in [0.1, 0.15) is 0 Å². The van der Waals surface area contributed by atoms with Crippen molar-refractivity contribution >= 4 is 16.9 Å². The minimum atomic E-state index is 0.393. The Bertz CT molecular complexity index is 773. The number of nitrogen functional groups attached to an aromatic ring is 1. The number of hydrogen-bond donors (Lipinski definition) is 1. The largest absolute Gasteiger partial charge is 0.381 e. The molecule has 1 aromatic carbocycles. The van der Waals surface area contributed by atoms with E-state index < -0.39 is 0 Å². The van der Waals surface area contributed by atoms with Gasteiger partial charge in [0.2, 0.25) is 0 Å². The van der Waals surface area contributed by atoms with Gasteiger partial charge in [0, 0.05) is 5.69 Å². The molecule has 2 heterocycles. The molecule has 0 aliphatic heterocycles. The first-order valence-corrected chi connectivity index (χ1v) is 6.13. The molecule has 0 radical (unpaired) electrons. The molecule has 19 heavy (non-hydrogen) atoms. The maximum absolute atomic E-state index is 6.01. The van der Waals surface area contributed by atoms with Crippen molar-refractivity contribution in [3.05, 3.63) is 41.2 Å². The Labute approximate surface area is 111 Å². The molecule has 5 heteroatoms. The Morgan fingerprint density at radius 1 is 1.00 bits per heavy atom. The summed E-state index contributed by atoms with van der Waals surface area (Å²) in [6.45, 7) is 6.02. The zero-order valence-electron chi connectivity index (χ0n) is 11.2. The van der Waals surface area contributed by atoms with Crippen LogP contribution < -0.4 is 5.73 Å². The van der Waals surface area contributed by atoms with E-state index in [4.69, 9.17) is 5.73 Å². The van der Waals surface area contributed by atoms with Crippen LogP contribution in [0.25, 0.3) is 16.9 Å². The van der Waals surface area contributed by atoms with E-state index in [9.17, 15) is 0 Å². The van der Waals surface area contributed by atoms with Gasteiger partial charge in [0.25, 0.3) is 0 Å². The molecule has 2 aromatic heterocycles. The number of anilines is 1. The number of rotatable bonds is 1. The normalized spacial score (nSPS) is 11.1. The van der Waals surface area contributed by atoms with Crippen molar-refractivity contribution in [3.63, 3.8) is 0 Å². The lowest BCUT2D eigenvalue weighted by Gasteiger charge is -2.07. The SMILES string of the molecule is Cc1nn(-c2nc3ccccc3nc2N)c(C)c1C. The lowest BCUT2D eigenvalue weighted by Crippen LogP contribution is -2.08. The predicted molar refractivity (Wildman–Crippen MR) is 75.3 cm³/mol. The fourth-order valence-electron chi connectivity index (χ4n) is 2.09. The van der Waals surface area contributed by atoms with Crippen LogP contribution >= 0.6 is 0 Å². The summed E-state index contributed by atoms with van der Waals surface area (Å²) >= 11 is 0. The molecule has 0 saturated carbocycles. The summed E-state index contributed by atoms with van der Waals surface area (Å²) in [6.07, 6.45) is 0. The van der Waals surface area contributed by atoms with E-state index in [1.54, 1.807) is 4.68 Å². The summed E-state index contributed by atoms with van der Waals surface area (Å²) in [6, 6.07) is 7.67. The van der Waals surface area contributed by atoms with Gasteiger partial charge in [0.05, 0.1) is 16.7 Å². The molecule has 3 rings (SSSR count). The minimum Gasteiger partial charge on any atom is -0.381 e. The van der Waals surface area contributed by atoms with E-state index in [1.807, 2.05) is 45.0 Å². The van der Waals surface area contributed by atoms with E-state index in [-0.39, 0.29) is 0 Å². The summed E-state index contributed by atoms with van der Waals surface area (Å²) in [7, 11) is 0. The van der Waals surface area contributed by atoms with Crippen molar-refractivity contribution < 1.29 is 0 Å². The number of aromatic nitrogens is 4. The third kappa shape index (κ3) is 1.74. The average molecular weight is 253 g/mol. The smallest absolute Gasteiger partial charge is 0.197 e. The van der Waals surface area contributed by atoms with Crippen molar-refractivity contribution in [2.75, 3.05) is 5.73 Å². The van der Waals surface area contributed by atoms with Crippen LogP contribution in [0, 0.1) is 20.8 Å². The Morgan fingerprint density at radius 3 is 2.21 bits per heavy atom. The van der Waals surface area contributed by atoms with Gasteiger partial charge in [0.15, 0.2) is 11.6 Å². The molecule has 0 saturated heterocycles. The van der Waals surface area contributed by atoms with Crippen molar-refractivity contribution in [2.24, 2.45) is 0 Å². The van der Waals surface area contributed by atoms with Gasteiger partial charge in [-0.05, 0) is 38.5 Å². The van der Waals surface area contributed by atoms with Gasteiger partial charge in [-0.15, -0.1) is 0 Å². The Morgan fingerprint density at radius 2 is 1.63 bits per heavy atom. The third-order valence-corrected chi connectivity index (χ3v) is 3.43. The molecule has 0 spiro atoms. The fraction of sp³-hybridized carbons (Fsp3) is 0.214. The van der Waals surface area contributed by atoms with Crippen LogP contribution in [0.1, 0.15) is 17.0 Å². The lowest BCUT2D eigenvalue weighted by atomic mass is 10.2. The van der Waals surface area contributed by atoms with Crippen LogP contribution in [0.3, 0.4) is 0 Å². The molecule has 0 amide bonds. The average Bonchev–Trinajstić information content (AvgIpc) is 2.66. The number of para-hydroxylation sites is 2. The van der Waals surface area contributed by atoms with E-state index in [1.165, 1.54) is 0 Å². The molecule has 0 aliphatic rings. The van der Waals surface area contributed by atoms with Crippen molar-refractivity contribution in [3.8, 4) is 5.82 Å². The number of aryl methyl sites for hydroxylation is 1. The van der Waals surface area contributed by atoms with E-state index >= 15 is 0 Å². The van der Waals surface area contributed by atoms with Gasteiger partial charge in [-0.2, -0.15) is 5.10 Å². The van der Waals surface area contributed by atoms with Crippen LogP contribution in [-0.4, -0.2) is 19.7 Å². The summed E-state index contributed by atoms with van der Waals surface area (Å²) in [5.41, 5.74) is 10.8. The van der Waals surface area contributed by atoms with Crippen LogP contribution in [0.5, 0.6) is 0 Å². The second-order valence-electron chi connectivity index (χ2n) is 4.63. The highest BCUT2D eigenvalue weighted by Gasteiger charge is 2.14. The standard InChI is InChI=1S/C14H15N5/c1-8-9(2)18-19(10(8)3)14-13(15)16-11-6-4-5-7-12(11)17-14/h4-7H,1-3H3,(H2,15,16). The van der Waals surface area contributed by atoms with Gasteiger partial charge in [-0.1, -0.05) is 12.1 Å². The molecule has 96 valence electrons. The quantitative estimate of drug-likeness (QED) is 0.722. The number of hydrogen-bond acceptors (Lipinski definition) is 4. The maximum atomic E-state index is 6.01. The van der Waals surface area contributed by atoms with E-state index in [0.29, 0.717) is 11.6 Å². The second kappa shape index (κ2) is 4.05. The number of fused-ring (bicyclic) bond motifs is 1. The highest BCUT2D eigenvalue weighted by atomic mass is 15.3. The first kappa shape index (κ1) is 11.6. The first-order chi connectivity index (χ1) is 9.08. The van der Waals surface area contributed by atoms with Gasteiger partial charge >= 0.3 is 0 Å². The van der Waals surface area contributed by atoms with Gasteiger partial charge in [-0.25, -0.2) is 14.6 Å². The number of benzene rings is 1. The Balaban J connectivity index is 2.30. The zero-order valence-corrected chi connectivity index (χ0v) is 11.2. The summed E-state index contributed by atoms with van der Waals surface area (Å²) < 4.78 is 1.76. The number of nitrogens with two attached hydrogens (primary N) is 1. The highest BCUT2D eigenvalue weighted by molar-refractivity contribution is 5.77. The summed E-state index contributed by atoms with van der Waals surface area (Å²) in [4.78, 5) is 8.96. The molecule has 2 N–H and O–H groups in total. The highest BCUT2D eigenvalue weighted by Crippen LogP contribution is 2.21. The molecule has 0 aliphatic carbocycles. The van der Waals surface area contributed by atoms with Crippen LogP contribution in [0.15, 0.2) is 24.3 Å². The Kier molecular flexibility index (Phi) is 2.48. The second-order valence-corrected chi connectivity index (χ2v) is 4.63. The monoisotopic (exact) mass is 253 g/mol. The molecule has 5 nitrogen and oxygen atoms in total. The zero-order chi connectivity index (χ0) is 13.6. The molecular weight excluding hydrogens is 238 g/mol. The predicted octanol–water partition coefficient (Wildman–Crippen LogP) is 2.32. The van der Waals surface area contributed by atoms with E-state index in [2.05, 4.69) is 15.1 Å². The van der Waals surface area contributed by atoms with Crippen molar-refractivity contribution in [1.29, 1.82) is 0 Å². The number of nitrogens with zero attached hydrogens (tertiary/aromatic N) is 4. The van der Waals surface area contributed by atoms with Gasteiger partial charge in [-0.3, -0.25) is 0 Å². The topological polar surface area (TPSA) is 69.6 Å². The minimum absolute atomic E-state index is 0.393. The third-order valence-electron chi connectivity index (χ3n) is 3.43. The van der Waals surface area contributed by atoms with E-state index in [0.717, 1.165) is 28.0 Å². The first-order valence-electron chi connectivity index (χ1n) is 6.13. The molecule has 0 bridgehead atoms. The summed E-state index contributed by atoms with van der Waals surface area (Å²) in [5.74, 6) is 0.983. The van der Waals surface area contributed by atoms with Crippen LogP contribution in [0.2, 0.25) is 0 Å². The van der Waals surface area contributed by atoms with Crippen molar-refractivity contribution in [1.82, 2.24) is 19.7 Å². The molecule has 0 fully saturated rings. The summed E-state index contributed by atoms with van der Waals surface area (Å²) in [5, 5.41) is 4.48. The molecule has 0 unspecified atom stereocenters. The fourth-order valence-corrected chi connectivity index (χ4v) is 2.09. The lowest BCUT2D eigenvalue weighted by molar-refractivity contribution is 0.808. The molecular formula is C14H15N5. The molecule has 3 aromatic rings. The molecule has 0 atom stereocenters. The maximum Gasteiger partial charge on any atom is 0.197 e. The van der Waals surface area contributed by atoms with Crippen LogP contribution in [0.4, 0.5) is 5.82 Å². The van der Waals surface area contributed by atoms with Crippen LogP contribution in [-0.2, 0) is 0 Å². The van der Waals surface area contributed by atoms with Gasteiger partial charge < -0.3 is 5.73 Å². The van der Waals surface area contributed by atoms with Crippen molar-refractivity contribution in [2.45, 2.75) is 20.8 Å².